The summed E-state index contributed by atoms with van der Waals surface area (Å²) in [6.07, 6.45) is 0.949. The Morgan fingerprint density at radius 2 is 1.94 bits per heavy atom. The molecule has 0 aromatic heterocycles. The first-order chi connectivity index (χ1) is 8.01. The van der Waals surface area contributed by atoms with Gasteiger partial charge < -0.3 is 0 Å². The predicted molar refractivity (Wildman–Crippen MR) is 65.7 cm³/mol. The van der Waals surface area contributed by atoms with Crippen molar-refractivity contribution in [2.45, 2.75) is 62.4 Å². The number of nitrogens with two attached hydrogens (primary N) is 1. The van der Waals surface area contributed by atoms with Gasteiger partial charge in [-0.2, -0.15) is 24.9 Å². The molecule has 0 heterocycles. The van der Waals surface area contributed by atoms with Crippen LogP contribution < -0.4 is 11.3 Å². The lowest BCUT2D eigenvalue weighted by Crippen LogP contribution is -2.37. The first kappa shape index (κ1) is 15.1. The number of hydrogen-bond donors (Lipinski definition) is 2. The Morgan fingerprint density at radius 1 is 1.29 bits per heavy atom. The van der Waals surface area contributed by atoms with Crippen LogP contribution in [-0.4, -0.2) is 23.2 Å². The smallest absolute Gasteiger partial charge is 0.271 e. The van der Waals surface area contributed by atoms with Crippen molar-refractivity contribution in [3.63, 3.8) is 0 Å². The van der Waals surface area contributed by atoms with E-state index in [1.54, 1.807) is 0 Å². The number of hydrazine groups is 1. The highest BCUT2D eigenvalue weighted by atomic mass is 32.2. The summed E-state index contributed by atoms with van der Waals surface area (Å²) in [5, 5.41) is 0.688. The average molecular weight is 270 g/mol. The van der Waals surface area contributed by atoms with E-state index in [9.17, 15) is 13.2 Å². The molecule has 2 nitrogen and oxygen atoms in total. The highest BCUT2D eigenvalue weighted by molar-refractivity contribution is 7.99. The van der Waals surface area contributed by atoms with Crippen LogP contribution in [0.5, 0.6) is 0 Å². The minimum absolute atomic E-state index is 0.00273. The quantitative estimate of drug-likeness (QED) is 0.551. The van der Waals surface area contributed by atoms with Gasteiger partial charge in [-0.05, 0) is 25.7 Å². The Morgan fingerprint density at radius 3 is 2.47 bits per heavy atom. The zero-order chi connectivity index (χ0) is 12.7. The third kappa shape index (κ3) is 7.16. The molecule has 1 saturated carbocycles. The SMILES string of the molecule is NNC(CCCC(F)(F)F)CSC1CCCC1. The first-order valence-corrected chi connectivity index (χ1v) is 7.20. The summed E-state index contributed by atoms with van der Waals surface area (Å²) in [4.78, 5) is 0. The number of nitrogens with one attached hydrogen (secondary N) is 1. The van der Waals surface area contributed by atoms with E-state index in [0.717, 1.165) is 5.75 Å². The Labute approximate surface area is 105 Å². The van der Waals surface area contributed by atoms with E-state index in [-0.39, 0.29) is 12.5 Å². The van der Waals surface area contributed by atoms with E-state index < -0.39 is 12.6 Å². The van der Waals surface area contributed by atoms with E-state index in [2.05, 4.69) is 5.43 Å². The molecule has 0 radical (unpaired) electrons. The number of alkyl halides is 3. The molecular formula is C11H21F3N2S. The number of thioether (sulfide) groups is 1. The molecule has 1 unspecified atom stereocenters. The van der Waals surface area contributed by atoms with E-state index in [1.807, 2.05) is 11.8 Å². The molecular weight excluding hydrogens is 249 g/mol. The van der Waals surface area contributed by atoms with Crippen LogP contribution in [0.2, 0.25) is 0 Å². The van der Waals surface area contributed by atoms with Crippen molar-refractivity contribution in [2.24, 2.45) is 5.84 Å². The predicted octanol–water partition coefficient (Wildman–Crippen LogP) is 3.23. The summed E-state index contributed by atoms with van der Waals surface area (Å²) in [7, 11) is 0. The molecule has 0 spiro atoms. The highest BCUT2D eigenvalue weighted by Crippen LogP contribution is 2.30. The molecule has 0 aromatic rings. The third-order valence-corrected chi connectivity index (χ3v) is 4.62. The van der Waals surface area contributed by atoms with Crippen LogP contribution in [-0.2, 0) is 0 Å². The van der Waals surface area contributed by atoms with Gasteiger partial charge in [0.1, 0.15) is 0 Å². The highest BCUT2D eigenvalue weighted by Gasteiger charge is 2.26. The van der Waals surface area contributed by atoms with E-state index in [0.29, 0.717) is 11.7 Å². The van der Waals surface area contributed by atoms with Crippen molar-refractivity contribution in [1.29, 1.82) is 0 Å². The summed E-state index contributed by atoms with van der Waals surface area (Å²) >= 11 is 1.85. The van der Waals surface area contributed by atoms with E-state index in [1.165, 1.54) is 25.7 Å². The first-order valence-electron chi connectivity index (χ1n) is 6.16. The fraction of sp³-hybridized carbons (Fsp3) is 1.00. The van der Waals surface area contributed by atoms with Gasteiger partial charge in [-0.1, -0.05) is 12.8 Å². The zero-order valence-corrected chi connectivity index (χ0v) is 10.7. The van der Waals surface area contributed by atoms with Gasteiger partial charge in [0.25, 0.3) is 0 Å². The van der Waals surface area contributed by atoms with Crippen molar-refractivity contribution >= 4 is 11.8 Å². The Bertz CT molecular complexity index is 205. The standard InChI is InChI=1S/C11H21F3N2S/c12-11(13,14)7-3-4-9(16-15)8-17-10-5-1-2-6-10/h9-10,16H,1-8,15H2. The second-order valence-corrected chi connectivity index (χ2v) is 5.94. The second kappa shape index (κ2) is 7.48. The molecule has 0 aliphatic heterocycles. The van der Waals surface area contributed by atoms with Gasteiger partial charge in [-0.3, -0.25) is 11.3 Å². The lowest BCUT2D eigenvalue weighted by atomic mass is 10.1. The van der Waals surface area contributed by atoms with Gasteiger partial charge >= 0.3 is 6.18 Å². The molecule has 0 aromatic carbocycles. The molecule has 1 aliphatic rings. The molecule has 0 saturated heterocycles. The lowest BCUT2D eigenvalue weighted by Gasteiger charge is -2.18. The molecule has 0 bridgehead atoms. The molecule has 102 valence electrons. The number of hydrogen-bond acceptors (Lipinski definition) is 3. The zero-order valence-electron chi connectivity index (χ0n) is 9.93. The molecule has 0 amide bonds. The monoisotopic (exact) mass is 270 g/mol. The van der Waals surface area contributed by atoms with Gasteiger partial charge in [0.05, 0.1) is 0 Å². The largest absolute Gasteiger partial charge is 0.389 e. The van der Waals surface area contributed by atoms with Crippen molar-refractivity contribution in [2.75, 3.05) is 5.75 Å². The summed E-state index contributed by atoms with van der Waals surface area (Å²) in [6.45, 7) is 0. The van der Waals surface area contributed by atoms with Crippen molar-refractivity contribution < 1.29 is 13.2 Å². The number of halogens is 3. The third-order valence-electron chi connectivity index (χ3n) is 3.08. The topological polar surface area (TPSA) is 38.0 Å². The van der Waals surface area contributed by atoms with Crippen LogP contribution in [0.15, 0.2) is 0 Å². The van der Waals surface area contributed by atoms with Crippen LogP contribution in [0.1, 0.15) is 44.9 Å². The number of rotatable bonds is 7. The normalized spacial score (nSPS) is 19.8. The maximum atomic E-state index is 12.0. The van der Waals surface area contributed by atoms with Crippen LogP contribution >= 0.6 is 11.8 Å². The molecule has 1 rings (SSSR count). The molecule has 1 fully saturated rings. The molecule has 3 N–H and O–H groups in total. The lowest BCUT2D eigenvalue weighted by molar-refractivity contribution is -0.135. The van der Waals surface area contributed by atoms with Gasteiger partial charge in [0.2, 0.25) is 0 Å². The molecule has 6 heteroatoms. The minimum atomic E-state index is -4.04. The summed E-state index contributed by atoms with van der Waals surface area (Å²) < 4.78 is 36.0. The van der Waals surface area contributed by atoms with Crippen LogP contribution in [0.4, 0.5) is 13.2 Å². The van der Waals surface area contributed by atoms with Crippen molar-refractivity contribution in [3.8, 4) is 0 Å². The van der Waals surface area contributed by atoms with Crippen LogP contribution in [0.3, 0.4) is 0 Å². The Kier molecular flexibility index (Phi) is 6.66. The van der Waals surface area contributed by atoms with Crippen molar-refractivity contribution in [3.05, 3.63) is 0 Å². The van der Waals surface area contributed by atoms with Gasteiger partial charge in [0.15, 0.2) is 0 Å². The summed E-state index contributed by atoms with van der Waals surface area (Å²) in [6, 6.07) is 0.00273. The van der Waals surface area contributed by atoms with Crippen LogP contribution in [0, 0.1) is 0 Å². The maximum Gasteiger partial charge on any atom is 0.389 e. The van der Waals surface area contributed by atoms with Crippen LogP contribution in [0.25, 0.3) is 0 Å². The fourth-order valence-electron chi connectivity index (χ4n) is 2.07. The second-order valence-electron chi connectivity index (χ2n) is 4.61. The molecule has 1 aliphatic carbocycles. The van der Waals surface area contributed by atoms with Gasteiger partial charge in [-0.25, -0.2) is 0 Å². The minimum Gasteiger partial charge on any atom is -0.271 e. The average Bonchev–Trinajstić information content (AvgIpc) is 2.74. The Hall–Kier alpha value is 0.0600. The van der Waals surface area contributed by atoms with Gasteiger partial charge in [-0.15, -0.1) is 0 Å². The summed E-state index contributed by atoms with van der Waals surface area (Å²) in [5.74, 6) is 6.18. The Balaban J connectivity index is 2.10. The molecule has 1 atom stereocenters. The molecule has 17 heavy (non-hydrogen) atoms. The summed E-state index contributed by atoms with van der Waals surface area (Å²) in [5.41, 5.74) is 2.62. The van der Waals surface area contributed by atoms with Crippen molar-refractivity contribution in [1.82, 2.24) is 5.43 Å². The van der Waals surface area contributed by atoms with Gasteiger partial charge in [0, 0.05) is 23.5 Å². The fourth-order valence-corrected chi connectivity index (χ4v) is 3.50. The van der Waals surface area contributed by atoms with E-state index >= 15 is 0 Å². The van der Waals surface area contributed by atoms with E-state index in [4.69, 9.17) is 5.84 Å². The maximum absolute atomic E-state index is 12.0.